The maximum atomic E-state index is 14.0. The minimum atomic E-state index is -1.63. The molecule has 0 fully saturated rings. The molecule has 0 amide bonds. The van der Waals surface area contributed by atoms with Crippen LogP contribution in [0.2, 0.25) is 0 Å². The summed E-state index contributed by atoms with van der Waals surface area (Å²) >= 11 is 1.02. The van der Waals surface area contributed by atoms with Crippen LogP contribution in [-0.4, -0.2) is 40.4 Å². The van der Waals surface area contributed by atoms with E-state index >= 15 is 0 Å². The normalized spacial score (nSPS) is 13.0. The summed E-state index contributed by atoms with van der Waals surface area (Å²) in [4.78, 5) is 54.2. The number of nitrogens with zero attached hydrogens (tertiary/aromatic N) is 2. The molecule has 0 aliphatic heterocycles. The number of carbonyl (C=O) groups excluding carboxylic acids is 2. The Morgan fingerprint density at radius 1 is 1.05 bits per heavy atom. The molecule has 2 heterocycles. The van der Waals surface area contributed by atoms with E-state index in [1.807, 2.05) is 30.3 Å². The molecule has 0 spiro atoms. The van der Waals surface area contributed by atoms with Gasteiger partial charge in [0.1, 0.15) is 27.0 Å². The Hall–Kier alpha value is -3.24. The van der Waals surface area contributed by atoms with Gasteiger partial charge in [0.25, 0.3) is 5.56 Å². The standard InChI is InChI=1S/C27H34N2O7S/c1-9-35-23(31)20-16(2)19-21(30)29(27(6,7)24(32)36-26(3,4)5)25(33)28(22(19)37-20)15-18(34-8)17-13-11-10-12-14-17/h10-14,18H,9,15H2,1-8H3/t18-/m0/s1. The molecule has 0 bridgehead atoms. The van der Waals surface area contributed by atoms with Crippen molar-refractivity contribution in [2.24, 2.45) is 0 Å². The molecule has 3 rings (SSSR count). The molecule has 10 heteroatoms. The first-order valence-electron chi connectivity index (χ1n) is 12.0. The molecule has 0 unspecified atom stereocenters. The fraction of sp³-hybridized carbons (Fsp3) is 0.481. The maximum Gasteiger partial charge on any atom is 0.348 e. The molecular formula is C27H34N2O7S. The first kappa shape index (κ1) is 28.3. The van der Waals surface area contributed by atoms with Crippen LogP contribution in [0.5, 0.6) is 0 Å². The third-order valence-corrected chi connectivity index (χ3v) is 7.23. The molecule has 0 saturated carbocycles. The van der Waals surface area contributed by atoms with Crippen molar-refractivity contribution >= 4 is 33.5 Å². The lowest BCUT2D eigenvalue weighted by atomic mass is 10.0. The number of methoxy groups -OCH3 is 1. The lowest BCUT2D eigenvalue weighted by Gasteiger charge is -2.30. The highest BCUT2D eigenvalue weighted by Crippen LogP contribution is 2.31. The van der Waals surface area contributed by atoms with Gasteiger partial charge in [-0.2, -0.15) is 0 Å². The van der Waals surface area contributed by atoms with E-state index in [2.05, 4.69) is 0 Å². The van der Waals surface area contributed by atoms with E-state index in [9.17, 15) is 19.2 Å². The van der Waals surface area contributed by atoms with Gasteiger partial charge in [-0.15, -0.1) is 11.3 Å². The molecular weight excluding hydrogens is 496 g/mol. The Balaban J connectivity index is 2.36. The van der Waals surface area contributed by atoms with Gasteiger partial charge in [-0.25, -0.2) is 19.0 Å². The van der Waals surface area contributed by atoms with Crippen molar-refractivity contribution in [3.05, 3.63) is 67.2 Å². The number of aryl methyl sites for hydroxylation is 1. The summed E-state index contributed by atoms with van der Waals surface area (Å²) in [5, 5.41) is 0.173. The molecule has 0 aliphatic rings. The van der Waals surface area contributed by atoms with E-state index in [0.717, 1.165) is 21.5 Å². The third kappa shape index (κ3) is 5.55. The molecule has 0 aliphatic carbocycles. The Morgan fingerprint density at radius 3 is 2.22 bits per heavy atom. The van der Waals surface area contributed by atoms with E-state index in [0.29, 0.717) is 10.4 Å². The van der Waals surface area contributed by atoms with Gasteiger partial charge in [-0.1, -0.05) is 30.3 Å². The van der Waals surface area contributed by atoms with E-state index in [1.165, 1.54) is 25.5 Å². The molecule has 1 atom stereocenters. The zero-order chi connectivity index (χ0) is 27.7. The monoisotopic (exact) mass is 530 g/mol. The Morgan fingerprint density at radius 2 is 1.68 bits per heavy atom. The molecule has 200 valence electrons. The first-order valence-corrected chi connectivity index (χ1v) is 12.8. The highest BCUT2D eigenvalue weighted by Gasteiger charge is 2.39. The number of fused-ring (bicyclic) bond motifs is 1. The number of esters is 2. The van der Waals surface area contributed by atoms with Crippen LogP contribution < -0.4 is 11.2 Å². The maximum absolute atomic E-state index is 14.0. The van der Waals surface area contributed by atoms with Gasteiger partial charge in [0.05, 0.1) is 18.5 Å². The van der Waals surface area contributed by atoms with Gasteiger partial charge in [-0.05, 0) is 59.6 Å². The number of hydrogen-bond donors (Lipinski definition) is 0. The van der Waals surface area contributed by atoms with Crippen LogP contribution in [0.1, 0.15) is 68.4 Å². The van der Waals surface area contributed by atoms with Gasteiger partial charge in [0.2, 0.25) is 0 Å². The predicted molar refractivity (Wildman–Crippen MR) is 142 cm³/mol. The Bertz CT molecular complexity index is 1430. The third-order valence-electron chi connectivity index (χ3n) is 5.94. The average Bonchev–Trinajstić information content (AvgIpc) is 3.16. The lowest BCUT2D eigenvalue weighted by Crippen LogP contribution is -2.54. The van der Waals surface area contributed by atoms with Crippen LogP contribution in [0.4, 0.5) is 0 Å². The zero-order valence-corrected chi connectivity index (χ0v) is 23.4. The molecule has 9 nitrogen and oxygen atoms in total. The fourth-order valence-electron chi connectivity index (χ4n) is 4.04. The van der Waals surface area contributed by atoms with Crippen molar-refractivity contribution in [3.63, 3.8) is 0 Å². The number of carbonyl (C=O) groups is 2. The molecule has 37 heavy (non-hydrogen) atoms. The highest BCUT2D eigenvalue weighted by molar-refractivity contribution is 7.20. The quantitative estimate of drug-likeness (QED) is 0.402. The second kappa shape index (κ2) is 10.6. The second-order valence-corrected chi connectivity index (χ2v) is 11.2. The highest BCUT2D eigenvalue weighted by atomic mass is 32.1. The fourth-order valence-corrected chi connectivity index (χ4v) is 5.23. The molecule has 0 N–H and O–H groups in total. The summed E-state index contributed by atoms with van der Waals surface area (Å²) in [6.07, 6.45) is -0.536. The number of aromatic nitrogens is 2. The van der Waals surface area contributed by atoms with Crippen molar-refractivity contribution in [2.45, 2.75) is 72.3 Å². The van der Waals surface area contributed by atoms with Crippen LogP contribution in [-0.2, 0) is 31.1 Å². The summed E-state index contributed by atoms with van der Waals surface area (Å²) in [6, 6.07) is 9.35. The summed E-state index contributed by atoms with van der Waals surface area (Å²) in [7, 11) is 1.53. The van der Waals surface area contributed by atoms with Crippen LogP contribution in [0.3, 0.4) is 0 Å². The van der Waals surface area contributed by atoms with Crippen molar-refractivity contribution in [1.29, 1.82) is 0 Å². The minimum absolute atomic E-state index is 0.0444. The Kier molecular flexibility index (Phi) is 8.14. The summed E-state index contributed by atoms with van der Waals surface area (Å²) in [5.41, 5.74) is -2.63. The van der Waals surface area contributed by atoms with Crippen LogP contribution in [0, 0.1) is 6.92 Å². The number of hydrogen-bond acceptors (Lipinski definition) is 8. The van der Waals surface area contributed by atoms with Gasteiger partial charge in [0, 0.05) is 7.11 Å². The lowest BCUT2D eigenvalue weighted by molar-refractivity contribution is -0.164. The van der Waals surface area contributed by atoms with E-state index in [1.54, 1.807) is 34.6 Å². The largest absolute Gasteiger partial charge is 0.462 e. The van der Waals surface area contributed by atoms with Gasteiger partial charge in [0.15, 0.2) is 0 Å². The second-order valence-electron chi connectivity index (χ2n) is 10.2. The summed E-state index contributed by atoms with van der Waals surface area (Å²) in [5.74, 6) is -1.31. The number of rotatable bonds is 8. The van der Waals surface area contributed by atoms with Crippen molar-refractivity contribution in [1.82, 2.24) is 9.13 Å². The minimum Gasteiger partial charge on any atom is -0.462 e. The van der Waals surface area contributed by atoms with E-state index in [4.69, 9.17) is 14.2 Å². The van der Waals surface area contributed by atoms with Crippen molar-refractivity contribution < 1.29 is 23.8 Å². The topological polar surface area (TPSA) is 106 Å². The van der Waals surface area contributed by atoms with Gasteiger partial charge >= 0.3 is 17.6 Å². The SMILES string of the molecule is CCOC(=O)c1sc2c(c1C)c(=O)n(C(C)(C)C(=O)OC(C)(C)C)c(=O)n2C[C@H](OC)c1ccccc1. The summed E-state index contributed by atoms with van der Waals surface area (Å²) in [6.45, 7) is 11.6. The van der Waals surface area contributed by atoms with E-state index in [-0.39, 0.29) is 23.4 Å². The predicted octanol–water partition coefficient (Wildman–Crippen LogP) is 4.17. The number of thiophene rings is 1. The number of ether oxygens (including phenoxy) is 3. The van der Waals surface area contributed by atoms with Crippen LogP contribution in [0.15, 0.2) is 39.9 Å². The smallest absolute Gasteiger partial charge is 0.348 e. The van der Waals surface area contributed by atoms with Crippen LogP contribution >= 0.6 is 11.3 Å². The molecule has 1 aromatic carbocycles. The molecule has 0 radical (unpaired) electrons. The van der Waals surface area contributed by atoms with Gasteiger partial charge < -0.3 is 14.2 Å². The number of benzene rings is 1. The first-order chi connectivity index (χ1) is 17.2. The van der Waals surface area contributed by atoms with Crippen molar-refractivity contribution in [2.75, 3.05) is 13.7 Å². The summed E-state index contributed by atoms with van der Waals surface area (Å²) < 4.78 is 18.8. The Labute approximate surface area is 219 Å². The zero-order valence-electron chi connectivity index (χ0n) is 22.5. The van der Waals surface area contributed by atoms with E-state index < -0.39 is 40.4 Å². The molecule has 0 saturated heterocycles. The van der Waals surface area contributed by atoms with Gasteiger partial charge in [-0.3, -0.25) is 9.36 Å². The average molecular weight is 531 g/mol. The molecule has 3 aromatic rings. The van der Waals surface area contributed by atoms with Crippen LogP contribution in [0.25, 0.3) is 10.2 Å². The molecule has 2 aromatic heterocycles. The van der Waals surface area contributed by atoms with Crippen molar-refractivity contribution in [3.8, 4) is 0 Å².